The molecular formula is C18H13N3O6-2. The molecule has 0 saturated heterocycles. The van der Waals surface area contributed by atoms with Gasteiger partial charge in [-0.25, -0.2) is 4.79 Å². The molecule has 27 heavy (non-hydrogen) atoms. The van der Waals surface area contributed by atoms with Crippen molar-refractivity contribution in [2.75, 3.05) is 5.32 Å². The van der Waals surface area contributed by atoms with E-state index < -0.39 is 29.3 Å². The van der Waals surface area contributed by atoms with Gasteiger partial charge in [-0.1, -0.05) is 31.2 Å². The van der Waals surface area contributed by atoms with Crippen LogP contribution >= 0.6 is 0 Å². The Labute approximate surface area is 153 Å². The van der Waals surface area contributed by atoms with Crippen molar-refractivity contribution in [1.82, 2.24) is 0 Å². The zero-order valence-electron chi connectivity index (χ0n) is 14.0. The molecule has 0 bridgehead atoms. The molecule has 0 unspecified atom stereocenters. The highest BCUT2D eigenvalue weighted by Gasteiger charge is 2.12. The summed E-state index contributed by atoms with van der Waals surface area (Å²) in [4.78, 5) is 34.1. The molecule has 0 saturated carbocycles. The van der Waals surface area contributed by atoms with Gasteiger partial charge in [0.2, 0.25) is 0 Å². The molecule has 2 N–H and O–H groups in total. The van der Waals surface area contributed by atoms with Crippen LogP contribution < -0.4 is 15.5 Å². The highest BCUT2D eigenvalue weighted by atomic mass is 16.4. The van der Waals surface area contributed by atoms with E-state index in [2.05, 4.69) is 15.5 Å². The Bertz CT molecular complexity index is 944. The van der Waals surface area contributed by atoms with Gasteiger partial charge in [-0.2, -0.15) is 0 Å². The first-order valence-electron chi connectivity index (χ1n) is 7.54. The van der Waals surface area contributed by atoms with Gasteiger partial charge in [0, 0.05) is 5.69 Å². The summed E-state index contributed by atoms with van der Waals surface area (Å²) in [6.07, 6.45) is 0. The smallest absolute Gasteiger partial charge is 0.337 e. The monoisotopic (exact) mass is 367 g/mol. The number of carboxylic acids is 2. The number of rotatable bonds is 6. The molecule has 0 spiro atoms. The van der Waals surface area contributed by atoms with Gasteiger partial charge in [-0.15, -0.1) is 16.0 Å². The van der Waals surface area contributed by atoms with Crippen molar-refractivity contribution < 1.29 is 29.7 Å². The Kier molecular flexibility index (Phi) is 6.00. The van der Waals surface area contributed by atoms with E-state index in [4.69, 9.17) is 5.11 Å². The van der Waals surface area contributed by atoms with Crippen LogP contribution in [0.5, 0.6) is 0 Å². The fourth-order valence-electron chi connectivity index (χ4n) is 2.00. The van der Waals surface area contributed by atoms with Gasteiger partial charge < -0.3 is 25.4 Å². The zero-order valence-corrected chi connectivity index (χ0v) is 14.0. The molecule has 0 aliphatic rings. The van der Waals surface area contributed by atoms with E-state index in [0.29, 0.717) is 0 Å². The fourth-order valence-corrected chi connectivity index (χ4v) is 2.00. The fraction of sp³-hybridized carbons (Fsp3) is 0.0556. The molecule has 2 rings (SSSR count). The number of anilines is 1. The Morgan fingerprint density at radius 2 is 1.63 bits per heavy atom. The van der Waals surface area contributed by atoms with E-state index in [1.807, 2.05) is 0 Å². The van der Waals surface area contributed by atoms with Crippen LogP contribution in [-0.4, -0.2) is 23.0 Å². The average molecular weight is 367 g/mol. The molecule has 0 aliphatic heterocycles. The summed E-state index contributed by atoms with van der Waals surface area (Å²) in [5.74, 6) is -4.16. The number of carbonyl (C=O) groups excluding carboxylic acids is 2. The van der Waals surface area contributed by atoms with Gasteiger partial charge in [0.15, 0.2) is 0 Å². The van der Waals surface area contributed by atoms with Crippen molar-refractivity contribution in [1.29, 1.82) is 0 Å². The van der Waals surface area contributed by atoms with Crippen LogP contribution in [0.2, 0.25) is 0 Å². The lowest BCUT2D eigenvalue weighted by Crippen LogP contribution is -2.22. The molecule has 2 aromatic carbocycles. The molecule has 0 radical (unpaired) electrons. The molecule has 0 atom stereocenters. The zero-order chi connectivity index (χ0) is 20.0. The standard InChI is InChI=1S/C18H15N3O6/c1-10(22)15(21-20-14-5-3-2-4-13(14)18(26)27)16(23)19-12-8-6-11(7-9-12)17(24)25/h2-9,22H,1H3,(H,19,23)(H,24,25)(H,26,27)/p-2/b15-10+,21-20?. The van der Waals surface area contributed by atoms with E-state index in [1.54, 1.807) is 0 Å². The van der Waals surface area contributed by atoms with Crippen molar-refractivity contribution in [3.8, 4) is 0 Å². The Balaban J connectivity index is 2.23. The lowest BCUT2D eigenvalue weighted by atomic mass is 10.2. The van der Waals surface area contributed by atoms with Crippen molar-refractivity contribution in [3.63, 3.8) is 0 Å². The summed E-state index contributed by atoms with van der Waals surface area (Å²) in [6.45, 7) is 1.11. The summed E-state index contributed by atoms with van der Waals surface area (Å²) in [5, 5.41) is 41.2. The minimum Gasteiger partial charge on any atom is -0.874 e. The van der Waals surface area contributed by atoms with Crippen molar-refractivity contribution in [2.24, 2.45) is 10.2 Å². The summed E-state index contributed by atoms with van der Waals surface area (Å²) in [7, 11) is 0. The second-order valence-electron chi connectivity index (χ2n) is 5.25. The van der Waals surface area contributed by atoms with E-state index in [9.17, 15) is 24.6 Å². The van der Waals surface area contributed by atoms with Gasteiger partial charge >= 0.3 is 5.97 Å². The maximum Gasteiger partial charge on any atom is 0.337 e. The highest BCUT2D eigenvalue weighted by molar-refractivity contribution is 6.03. The number of hydrogen-bond donors (Lipinski definition) is 2. The third kappa shape index (κ3) is 4.98. The van der Waals surface area contributed by atoms with E-state index in [-0.39, 0.29) is 22.5 Å². The predicted molar refractivity (Wildman–Crippen MR) is 90.0 cm³/mol. The van der Waals surface area contributed by atoms with Gasteiger partial charge in [-0.3, -0.25) is 4.79 Å². The first-order valence-corrected chi connectivity index (χ1v) is 7.54. The van der Waals surface area contributed by atoms with Gasteiger partial charge in [-0.05, 0) is 29.8 Å². The van der Waals surface area contributed by atoms with E-state index in [0.717, 1.165) is 6.92 Å². The van der Waals surface area contributed by atoms with Crippen LogP contribution in [0.15, 0.2) is 70.2 Å². The number of carbonyl (C=O) groups is 3. The molecule has 9 heteroatoms. The van der Waals surface area contributed by atoms with E-state index in [1.165, 1.54) is 48.5 Å². The molecular weight excluding hydrogens is 354 g/mol. The van der Waals surface area contributed by atoms with Crippen molar-refractivity contribution in [3.05, 3.63) is 71.1 Å². The number of nitrogens with one attached hydrogen (secondary N) is 1. The number of carboxylic acid groups (broad SMARTS) is 2. The summed E-state index contributed by atoms with van der Waals surface area (Å²) in [6, 6.07) is 10.8. The van der Waals surface area contributed by atoms with Gasteiger partial charge in [0.25, 0.3) is 5.91 Å². The number of aromatic carboxylic acids is 2. The molecule has 1 amide bonds. The number of azo groups is 1. The molecule has 0 aliphatic carbocycles. The maximum atomic E-state index is 12.2. The third-order valence-electron chi connectivity index (χ3n) is 3.32. The lowest BCUT2D eigenvalue weighted by molar-refractivity contribution is -0.303. The second kappa shape index (κ2) is 8.39. The Hall–Kier alpha value is -4.01. The number of hydrogen-bond acceptors (Lipinski definition) is 7. The normalized spacial score (nSPS) is 11.7. The van der Waals surface area contributed by atoms with Crippen LogP contribution in [0.4, 0.5) is 11.4 Å². The first-order chi connectivity index (χ1) is 12.8. The Morgan fingerprint density at radius 3 is 2.19 bits per heavy atom. The highest BCUT2D eigenvalue weighted by Crippen LogP contribution is 2.21. The molecule has 2 aromatic rings. The lowest BCUT2D eigenvalue weighted by Gasteiger charge is -2.11. The average Bonchev–Trinajstić information content (AvgIpc) is 2.62. The maximum absolute atomic E-state index is 12.2. The topological polar surface area (TPSA) is 154 Å². The number of amides is 1. The van der Waals surface area contributed by atoms with Crippen LogP contribution in [0.1, 0.15) is 27.6 Å². The van der Waals surface area contributed by atoms with E-state index >= 15 is 0 Å². The molecule has 0 heterocycles. The van der Waals surface area contributed by atoms with Crippen molar-refractivity contribution >= 4 is 29.2 Å². The van der Waals surface area contributed by atoms with Gasteiger partial charge in [0.1, 0.15) is 11.4 Å². The summed E-state index contributed by atoms with van der Waals surface area (Å²) >= 11 is 0. The minimum atomic E-state index is -1.37. The number of allylic oxidation sites excluding steroid dienone is 1. The summed E-state index contributed by atoms with van der Waals surface area (Å²) in [5.41, 5.74) is -0.546. The SMILES string of the molecule is C/C([O-])=C(\N=Nc1ccccc1C(=O)O)C(=O)Nc1ccc(C(=O)[O-])cc1. The number of benzene rings is 2. The largest absolute Gasteiger partial charge is 0.874 e. The molecule has 0 fully saturated rings. The van der Waals surface area contributed by atoms with Gasteiger partial charge in [0.05, 0.1) is 11.5 Å². The van der Waals surface area contributed by atoms with Crippen molar-refractivity contribution in [2.45, 2.75) is 6.92 Å². The van der Waals surface area contributed by atoms with Crippen LogP contribution in [0.3, 0.4) is 0 Å². The number of nitrogens with zero attached hydrogens (tertiary/aromatic N) is 2. The molecule has 138 valence electrons. The summed E-state index contributed by atoms with van der Waals surface area (Å²) < 4.78 is 0. The quantitative estimate of drug-likeness (QED) is 0.442. The first kappa shape index (κ1) is 19.3. The molecule has 9 nitrogen and oxygen atoms in total. The molecule has 0 aromatic heterocycles. The predicted octanol–water partition coefficient (Wildman–Crippen LogP) is 1.06. The second-order valence-corrected chi connectivity index (χ2v) is 5.25. The minimum absolute atomic E-state index is 0.0186. The Morgan fingerprint density at radius 1 is 1.00 bits per heavy atom. The van der Waals surface area contributed by atoms with Crippen LogP contribution in [-0.2, 0) is 4.79 Å². The third-order valence-corrected chi connectivity index (χ3v) is 3.32. The van der Waals surface area contributed by atoms with Crippen LogP contribution in [0, 0.1) is 0 Å². The van der Waals surface area contributed by atoms with Crippen LogP contribution in [0.25, 0.3) is 0 Å².